The maximum absolute atomic E-state index is 12.4. The van der Waals surface area contributed by atoms with E-state index < -0.39 is 0 Å². The number of hydrogen-bond donors (Lipinski definition) is 0. The van der Waals surface area contributed by atoms with E-state index in [1.54, 1.807) is 0 Å². The van der Waals surface area contributed by atoms with Crippen LogP contribution in [0.1, 0.15) is 32.3 Å². The normalized spacial score (nSPS) is 34.2. The molecule has 90 valence electrons. The smallest absolute Gasteiger partial charge is 0.139 e. The molecule has 1 heteroatoms. The third kappa shape index (κ3) is 1.64. The molecule has 3 fully saturated rings. The second kappa shape index (κ2) is 3.69. The molecule has 4 rings (SSSR count). The number of Topliss-reactive ketones (excluding diaryl/α,β-unsaturated/α-hetero) is 1. The van der Waals surface area contributed by atoms with Crippen molar-refractivity contribution >= 4 is 5.78 Å². The first-order valence-corrected chi connectivity index (χ1v) is 6.66. The Labute approximate surface area is 103 Å². The van der Waals surface area contributed by atoms with Gasteiger partial charge in [0.25, 0.3) is 0 Å². The van der Waals surface area contributed by atoms with Crippen molar-refractivity contribution in [3.05, 3.63) is 35.9 Å². The van der Waals surface area contributed by atoms with E-state index in [2.05, 4.69) is 38.1 Å². The van der Waals surface area contributed by atoms with E-state index in [0.717, 1.165) is 25.2 Å². The molecule has 3 saturated carbocycles. The van der Waals surface area contributed by atoms with Gasteiger partial charge in [0.2, 0.25) is 0 Å². The van der Waals surface area contributed by atoms with Crippen molar-refractivity contribution in [2.24, 2.45) is 23.2 Å². The van der Waals surface area contributed by atoms with Gasteiger partial charge < -0.3 is 0 Å². The zero-order valence-electron chi connectivity index (χ0n) is 10.6. The van der Waals surface area contributed by atoms with Crippen LogP contribution in [0.3, 0.4) is 0 Å². The molecule has 2 bridgehead atoms. The van der Waals surface area contributed by atoms with Crippen molar-refractivity contribution in [1.82, 2.24) is 0 Å². The Hall–Kier alpha value is -1.11. The molecule has 0 aromatic heterocycles. The molecule has 0 amide bonds. The molecule has 1 aromatic carbocycles. The van der Waals surface area contributed by atoms with Gasteiger partial charge in [-0.2, -0.15) is 0 Å². The number of carbonyl (C=O) groups is 1. The van der Waals surface area contributed by atoms with Gasteiger partial charge >= 0.3 is 0 Å². The highest BCUT2D eigenvalue weighted by Gasteiger charge is 2.57. The Morgan fingerprint density at radius 2 is 1.88 bits per heavy atom. The highest BCUT2D eigenvalue weighted by molar-refractivity contribution is 5.87. The summed E-state index contributed by atoms with van der Waals surface area (Å²) >= 11 is 0. The lowest BCUT2D eigenvalue weighted by Gasteiger charge is -2.57. The second-order valence-corrected chi connectivity index (χ2v) is 6.33. The molecular weight excluding hydrogens is 208 g/mol. The summed E-state index contributed by atoms with van der Waals surface area (Å²) in [5.41, 5.74) is 1.59. The van der Waals surface area contributed by atoms with Gasteiger partial charge in [-0.05, 0) is 36.2 Å². The van der Waals surface area contributed by atoms with E-state index >= 15 is 0 Å². The fraction of sp³-hybridized carbons (Fsp3) is 0.562. The Bertz CT molecular complexity index is 432. The molecule has 0 heterocycles. The topological polar surface area (TPSA) is 17.1 Å². The summed E-state index contributed by atoms with van der Waals surface area (Å²) in [6.45, 7) is 4.53. The molecule has 0 N–H and O–H groups in total. The fourth-order valence-electron chi connectivity index (χ4n) is 3.73. The van der Waals surface area contributed by atoms with Gasteiger partial charge in [0.1, 0.15) is 5.78 Å². The summed E-state index contributed by atoms with van der Waals surface area (Å²) in [5.74, 6) is 1.93. The van der Waals surface area contributed by atoms with E-state index in [1.807, 2.05) is 6.07 Å². The highest BCUT2D eigenvalue weighted by atomic mass is 16.1. The fourth-order valence-corrected chi connectivity index (χ4v) is 3.73. The van der Waals surface area contributed by atoms with Crippen molar-refractivity contribution in [3.63, 3.8) is 0 Å². The van der Waals surface area contributed by atoms with E-state index in [-0.39, 0.29) is 11.3 Å². The maximum atomic E-state index is 12.4. The van der Waals surface area contributed by atoms with Gasteiger partial charge in [0, 0.05) is 11.8 Å². The molecule has 1 nitrogen and oxygen atoms in total. The van der Waals surface area contributed by atoms with Gasteiger partial charge in [-0.3, -0.25) is 4.79 Å². The first-order chi connectivity index (χ1) is 8.09. The molecule has 0 spiro atoms. The minimum absolute atomic E-state index is 0.282. The van der Waals surface area contributed by atoms with Crippen LogP contribution in [0.2, 0.25) is 0 Å². The SMILES string of the molecule is CC1(C)[C@H]2C[C@H](Cc3ccccc3)C(=O)[C@@H]1C2. The lowest BCUT2D eigenvalue weighted by molar-refractivity contribution is -0.156. The quantitative estimate of drug-likeness (QED) is 0.757. The first-order valence-electron chi connectivity index (χ1n) is 6.66. The number of ketones is 1. The number of fused-ring (bicyclic) bond motifs is 2. The summed E-state index contributed by atoms with van der Waals surface area (Å²) in [7, 11) is 0. The number of carbonyl (C=O) groups excluding carboxylic acids is 1. The average Bonchev–Trinajstić information content (AvgIpc) is 2.32. The zero-order chi connectivity index (χ0) is 12.0. The number of hydrogen-bond acceptors (Lipinski definition) is 1. The summed E-state index contributed by atoms with van der Waals surface area (Å²) in [6, 6.07) is 10.4. The standard InChI is InChI=1S/C16H20O/c1-16(2)13-9-12(15(17)14(16)10-13)8-11-6-4-3-5-7-11/h3-7,12-14H,8-10H2,1-2H3/t12-,13-,14-/m0/s1. The lowest BCUT2D eigenvalue weighted by Crippen LogP contribution is -2.56. The lowest BCUT2D eigenvalue weighted by atomic mass is 9.46. The highest BCUT2D eigenvalue weighted by Crippen LogP contribution is 2.59. The molecule has 17 heavy (non-hydrogen) atoms. The minimum atomic E-state index is 0.282. The molecular formula is C16H20O. The Kier molecular flexibility index (Phi) is 2.39. The van der Waals surface area contributed by atoms with Crippen LogP contribution >= 0.6 is 0 Å². The summed E-state index contributed by atoms with van der Waals surface area (Å²) in [6.07, 6.45) is 3.21. The van der Waals surface area contributed by atoms with Gasteiger partial charge in [-0.1, -0.05) is 44.2 Å². The van der Waals surface area contributed by atoms with Crippen LogP contribution in [-0.2, 0) is 11.2 Å². The Morgan fingerprint density at radius 3 is 2.47 bits per heavy atom. The summed E-state index contributed by atoms with van der Waals surface area (Å²) < 4.78 is 0. The third-order valence-electron chi connectivity index (χ3n) is 5.11. The van der Waals surface area contributed by atoms with Gasteiger partial charge in [0.15, 0.2) is 0 Å². The van der Waals surface area contributed by atoms with Crippen molar-refractivity contribution in [2.45, 2.75) is 33.1 Å². The minimum Gasteiger partial charge on any atom is -0.299 e. The van der Waals surface area contributed by atoms with E-state index in [0.29, 0.717) is 11.7 Å². The van der Waals surface area contributed by atoms with Crippen LogP contribution in [-0.4, -0.2) is 5.78 Å². The van der Waals surface area contributed by atoms with Crippen LogP contribution in [0.5, 0.6) is 0 Å². The first kappa shape index (κ1) is 11.0. The van der Waals surface area contributed by atoms with Gasteiger partial charge in [-0.15, -0.1) is 0 Å². The molecule has 3 aliphatic carbocycles. The van der Waals surface area contributed by atoms with Crippen LogP contribution in [0.25, 0.3) is 0 Å². The van der Waals surface area contributed by atoms with Crippen LogP contribution in [0, 0.1) is 23.2 Å². The molecule has 0 radical (unpaired) electrons. The molecule has 0 unspecified atom stereocenters. The molecule has 3 atom stereocenters. The van der Waals surface area contributed by atoms with E-state index in [9.17, 15) is 4.79 Å². The second-order valence-electron chi connectivity index (χ2n) is 6.33. The van der Waals surface area contributed by atoms with E-state index in [1.165, 1.54) is 5.56 Å². The van der Waals surface area contributed by atoms with Gasteiger partial charge in [0.05, 0.1) is 0 Å². The summed E-state index contributed by atoms with van der Waals surface area (Å²) in [4.78, 5) is 12.4. The average molecular weight is 228 g/mol. The van der Waals surface area contributed by atoms with E-state index in [4.69, 9.17) is 0 Å². The third-order valence-corrected chi connectivity index (χ3v) is 5.11. The van der Waals surface area contributed by atoms with Crippen LogP contribution in [0.4, 0.5) is 0 Å². The van der Waals surface area contributed by atoms with Crippen molar-refractivity contribution < 1.29 is 4.79 Å². The van der Waals surface area contributed by atoms with Crippen molar-refractivity contribution in [1.29, 1.82) is 0 Å². The summed E-state index contributed by atoms with van der Waals surface area (Å²) in [5, 5.41) is 0. The predicted octanol–water partition coefficient (Wildman–Crippen LogP) is 3.48. The molecule has 1 aromatic rings. The Balaban J connectivity index is 1.74. The molecule has 0 aliphatic heterocycles. The van der Waals surface area contributed by atoms with Crippen LogP contribution in [0.15, 0.2) is 30.3 Å². The Morgan fingerprint density at radius 1 is 1.18 bits per heavy atom. The number of benzene rings is 1. The predicted molar refractivity (Wildman–Crippen MR) is 68.6 cm³/mol. The van der Waals surface area contributed by atoms with Crippen molar-refractivity contribution in [2.75, 3.05) is 0 Å². The molecule has 3 aliphatic rings. The van der Waals surface area contributed by atoms with Crippen LogP contribution < -0.4 is 0 Å². The van der Waals surface area contributed by atoms with Crippen molar-refractivity contribution in [3.8, 4) is 0 Å². The number of rotatable bonds is 2. The zero-order valence-corrected chi connectivity index (χ0v) is 10.6. The molecule has 0 saturated heterocycles. The maximum Gasteiger partial charge on any atom is 0.139 e. The monoisotopic (exact) mass is 228 g/mol. The van der Waals surface area contributed by atoms with Gasteiger partial charge in [-0.25, -0.2) is 0 Å². The largest absolute Gasteiger partial charge is 0.299 e.